The van der Waals surface area contributed by atoms with E-state index >= 15 is 0 Å². The molecule has 1 heterocycles. The molecule has 0 radical (unpaired) electrons. The number of nitrogens with zero attached hydrogens (tertiary/aromatic N) is 1. The molecule has 18 heavy (non-hydrogen) atoms. The largest absolute Gasteiger partial charge is 0.338 e. The predicted octanol–water partition coefficient (Wildman–Crippen LogP) is 4.35. The molecule has 1 aromatic heterocycles. The molecule has 0 amide bonds. The van der Waals surface area contributed by atoms with Gasteiger partial charge >= 0.3 is 0 Å². The lowest BCUT2D eigenvalue weighted by atomic mass is 10.2. The highest BCUT2D eigenvalue weighted by Crippen LogP contribution is 2.22. The first kappa shape index (κ1) is 11.5. The summed E-state index contributed by atoms with van der Waals surface area (Å²) in [5.41, 5.74) is 3.32. The van der Waals surface area contributed by atoms with Gasteiger partial charge in [-0.3, -0.25) is 0 Å². The van der Waals surface area contributed by atoms with Crippen molar-refractivity contribution >= 4 is 22.6 Å². The van der Waals surface area contributed by atoms with Crippen LogP contribution in [0.25, 0.3) is 22.6 Å². The first-order valence-corrected chi connectivity index (χ1v) is 6.77. The van der Waals surface area contributed by atoms with E-state index in [1.807, 2.05) is 30.5 Å². The van der Waals surface area contributed by atoms with Crippen LogP contribution in [-0.4, -0.2) is 9.97 Å². The quantitative estimate of drug-likeness (QED) is 0.687. The molecule has 3 aromatic rings. The molecule has 0 atom stereocenters. The van der Waals surface area contributed by atoms with Crippen molar-refractivity contribution in [1.29, 1.82) is 0 Å². The summed E-state index contributed by atoms with van der Waals surface area (Å²) in [6.45, 7) is 0. The van der Waals surface area contributed by atoms with E-state index < -0.39 is 0 Å². The van der Waals surface area contributed by atoms with Crippen LogP contribution < -0.4 is 0 Å². The van der Waals surface area contributed by atoms with Crippen molar-refractivity contribution in [3.05, 3.63) is 64.4 Å². The van der Waals surface area contributed by atoms with Crippen LogP contribution in [0.2, 0.25) is 0 Å². The van der Waals surface area contributed by atoms with E-state index in [0.717, 1.165) is 22.6 Å². The Morgan fingerprint density at radius 2 is 1.67 bits per heavy atom. The van der Waals surface area contributed by atoms with Crippen molar-refractivity contribution in [2.24, 2.45) is 0 Å². The normalized spacial score (nSPS) is 10.5. The lowest BCUT2D eigenvalue weighted by molar-refractivity contribution is 1.31. The summed E-state index contributed by atoms with van der Waals surface area (Å²) in [7, 11) is 0. The van der Waals surface area contributed by atoms with E-state index in [-0.39, 0.29) is 0 Å². The van der Waals surface area contributed by atoms with Gasteiger partial charge in [0.2, 0.25) is 0 Å². The van der Waals surface area contributed by atoms with E-state index in [1.54, 1.807) is 0 Å². The Kier molecular flexibility index (Phi) is 3.15. The smallest absolute Gasteiger partial charge is 0.137 e. The van der Waals surface area contributed by atoms with Crippen LogP contribution in [0.5, 0.6) is 0 Å². The molecule has 0 spiro atoms. The van der Waals surface area contributed by atoms with Gasteiger partial charge in [0, 0.05) is 9.13 Å². The van der Waals surface area contributed by atoms with Gasteiger partial charge in [0.15, 0.2) is 0 Å². The summed E-state index contributed by atoms with van der Waals surface area (Å²) in [6, 6.07) is 18.5. The maximum absolute atomic E-state index is 4.45. The number of H-pyrrole nitrogens is 1. The molecule has 2 aromatic carbocycles. The van der Waals surface area contributed by atoms with Gasteiger partial charge in [0.1, 0.15) is 5.82 Å². The zero-order chi connectivity index (χ0) is 12.4. The van der Waals surface area contributed by atoms with Gasteiger partial charge in [-0.15, -0.1) is 0 Å². The highest BCUT2D eigenvalue weighted by Gasteiger charge is 2.05. The fraction of sp³-hybridized carbons (Fsp3) is 0. The lowest BCUT2D eigenvalue weighted by Crippen LogP contribution is -1.82. The molecule has 2 nitrogen and oxygen atoms in total. The second-order valence-corrected chi connectivity index (χ2v) is 5.27. The molecular weight excluding hydrogens is 335 g/mol. The minimum absolute atomic E-state index is 0.910. The summed E-state index contributed by atoms with van der Waals surface area (Å²) in [6.07, 6.45) is 1.88. The average Bonchev–Trinajstić information content (AvgIpc) is 2.89. The number of aromatic nitrogens is 2. The van der Waals surface area contributed by atoms with Gasteiger partial charge < -0.3 is 4.98 Å². The number of aromatic amines is 1. The molecule has 0 aliphatic carbocycles. The number of rotatable bonds is 2. The molecule has 0 bridgehead atoms. The minimum atomic E-state index is 0.910. The molecule has 0 aliphatic heterocycles. The van der Waals surface area contributed by atoms with Crippen LogP contribution in [0, 0.1) is 3.57 Å². The van der Waals surface area contributed by atoms with Gasteiger partial charge in [-0.1, -0.05) is 42.5 Å². The Morgan fingerprint density at radius 1 is 0.889 bits per heavy atom. The topological polar surface area (TPSA) is 28.7 Å². The third-order valence-electron chi connectivity index (χ3n) is 2.76. The van der Waals surface area contributed by atoms with E-state index in [1.165, 1.54) is 3.57 Å². The van der Waals surface area contributed by atoms with E-state index in [0.29, 0.717) is 0 Å². The summed E-state index contributed by atoms with van der Waals surface area (Å²) < 4.78 is 1.21. The second-order valence-electron chi connectivity index (χ2n) is 4.02. The van der Waals surface area contributed by atoms with Crippen molar-refractivity contribution in [3.63, 3.8) is 0 Å². The summed E-state index contributed by atoms with van der Waals surface area (Å²) in [5.74, 6) is 0.910. The highest BCUT2D eigenvalue weighted by atomic mass is 127. The Balaban J connectivity index is 2.00. The molecule has 1 N–H and O–H groups in total. The van der Waals surface area contributed by atoms with Gasteiger partial charge in [-0.25, -0.2) is 4.98 Å². The molecule has 3 rings (SSSR count). The van der Waals surface area contributed by atoms with Gasteiger partial charge in [0.05, 0.1) is 11.9 Å². The van der Waals surface area contributed by atoms with Crippen molar-refractivity contribution in [2.75, 3.05) is 0 Å². The van der Waals surface area contributed by atoms with Gasteiger partial charge in [0.25, 0.3) is 0 Å². The molecule has 3 heteroatoms. The Bertz CT molecular complexity index is 659. The summed E-state index contributed by atoms with van der Waals surface area (Å²) >= 11 is 2.31. The molecule has 0 aliphatic rings. The zero-order valence-electron chi connectivity index (χ0n) is 9.60. The number of halogens is 1. The van der Waals surface area contributed by atoms with Crippen molar-refractivity contribution in [3.8, 4) is 22.6 Å². The van der Waals surface area contributed by atoms with Gasteiger partial charge in [-0.2, -0.15) is 0 Å². The number of hydrogen-bond donors (Lipinski definition) is 1. The Morgan fingerprint density at radius 3 is 2.44 bits per heavy atom. The molecular formula is C15H11IN2. The summed E-state index contributed by atoms with van der Waals surface area (Å²) in [5, 5.41) is 0. The van der Waals surface area contributed by atoms with E-state index in [4.69, 9.17) is 0 Å². The maximum Gasteiger partial charge on any atom is 0.137 e. The molecule has 0 saturated heterocycles. The lowest BCUT2D eigenvalue weighted by Gasteiger charge is -1.98. The van der Waals surface area contributed by atoms with Crippen LogP contribution in [0.4, 0.5) is 0 Å². The third-order valence-corrected chi connectivity index (χ3v) is 3.43. The fourth-order valence-electron chi connectivity index (χ4n) is 1.87. The van der Waals surface area contributed by atoms with Gasteiger partial charge in [-0.05, 0) is 40.3 Å². The number of imidazole rings is 1. The number of nitrogens with one attached hydrogen (secondary N) is 1. The first-order valence-electron chi connectivity index (χ1n) is 5.69. The number of hydrogen-bond acceptors (Lipinski definition) is 1. The predicted molar refractivity (Wildman–Crippen MR) is 82.2 cm³/mol. The van der Waals surface area contributed by atoms with Crippen LogP contribution >= 0.6 is 22.6 Å². The fourth-order valence-corrected chi connectivity index (χ4v) is 2.41. The minimum Gasteiger partial charge on any atom is -0.338 e. The van der Waals surface area contributed by atoms with Crippen molar-refractivity contribution < 1.29 is 0 Å². The molecule has 88 valence electrons. The van der Waals surface area contributed by atoms with Crippen molar-refractivity contribution in [2.45, 2.75) is 0 Å². The molecule has 0 unspecified atom stereocenters. The summed E-state index contributed by atoms with van der Waals surface area (Å²) in [4.78, 5) is 7.80. The second kappa shape index (κ2) is 4.94. The average molecular weight is 346 g/mol. The number of benzene rings is 2. The van der Waals surface area contributed by atoms with Crippen LogP contribution in [0.1, 0.15) is 0 Å². The SMILES string of the molecule is Ic1cccc(-c2ncc(-c3ccccc3)[nH]2)c1. The standard InChI is InChI=1S/C15H11IN2/c16-13-8-4-7-12(9-13)15-17-10-14(18-15)11-5-2-1-3-6-11/h1-10H,(H,17,18). The zero-order valence-corrected chi connectivity index (χ0v) is 11.8. The first-order chi connectivity index (χ1) is 8.83. The molecule has 0 fully saturated rings. The maximum atomic E-state index is 4.45. The highest BCUT2D eigenvalue weighted by molar-refractivity contribution is 14.1. The van der Waals surface area contributed by atoms with Crippen LogP contribution in [0.3, 0.4) is 0 Å². The Hall–Kier alpha value is -1.62. The third kappa shape index (κ3) is 2.31. The van der Waals surface area contributed by atoms with E-state index in [9.17, 15) is 0 Å². The Labute approximate surface area is 119 Å². The van der Waals surface area contributed by atoms with Crippen LogP contribution in [-0.2, 0) is 0 Å². The van der Waals surface area contributed by atoms with Crippen molar-refractivity contribution in [1.82, 2.24) is 9.97 Å². The van der Waals surface area contributed by atoms with Crippen LogP contribution in [0.15, 0.2) is 60.8 Å². The molecule has 0 saturated carbocycles. The monoisotopic (exact) mass is 346 g/mol. The van der Waals surface area contributed by atoms with E-state index in [2.05, 4.69) is 62.9 Å².